The lowest BCUT2D eigenvalue weighted by Crippen LogP contribution is -2.47. The molecule has 7 aliphatic rings. The van der Waals surface area contributed by atoms with Crippen LogP contribution in [0.5, 0.6) is 0 Å². The minimum absolute atomic E-state index is 0.207. The molecule has 4 nitrogen and oxygen atoms in total. The Bertz CT molecular complexity index is 1800. The monoisotopic (exact) mass is 753 g/mol. The highest BCUT2D eigenvalue weighted by Gasteiger charge is 2.47. The first-order chi connectivity index (χ1) is 27.3. The Balaban J connectivity index is 0.716. The molecule has 4 heteroatoms. The first-order valence-corrected chi connectivity index (χ1v) is 23.9. The Morgan fingerprint density at radius 3 is 1.80 bits per heavy atom. The molecule has 0 spiro atoms. The number of rotatable bonds is 7. The summed E-state index contributed by atoms with van der Waals surface area (Å²) in [4.78, 5) is 14.8. The van der Waals surface area contributed by atoms with E-state index in [9.17, 15) is 0 Å². The second kappa shape index (κ2) is 15.1. The van der Waals surface area contributed by atoms with Crippen LogP contribution < -0.4 is 9.80 Å². The summed E-state index contributed by atoms with van der Waals surface area (Å²) in [5.74, 6) is 7.05. The molecule has 0 bridgehead atoms. The van der Waals surface area contributed by atoms with Crippen LogP contribution >= 0.6 is 0 Å². The number of nitrogens with zero attached hydrogens (tertiary/aromatic N) is 4. The van der Waals surface area contributed by atoms with Crippen molar-refractivity contribution in [1.29, 1.82) is 0 Å². The fourth-order valence-electron chi connectivity index (χ4n) is 14.9. The zero-order valence-corrected chi connectivity index (χ0v) is 35.5. The van der Waals surface area contributed by atoms with E-state index in [0.29, 0.717) is 17.4 Å². The van der Waals surface area contributed by atoms with Gasteiger partial charge in [0.15, 0.2) is 0 Å². The van der Waals surface area contributed by atoms with Crippen LogP contribution in [-0.2, 0) is 5.41 Å². The summed E-state index contributed by atoms with van der Waals surface area (Å²) in [6.07, 6.45) is 32.0. The van der Waals surface area contributed by atoms with E-state index in [4.69, 9.17) is 4.98 Å². The predicted molar refractivity (Wildman–Crippen MR) is 233 cm³/mol. The highest BCUT2D eigenvalue weighted by molar-refractivity contribution is 5.69. The van der Waals surface area contributed by atoms with Crippen molar-refractivity contribution in [3.05, 3.63) is 77.7 Å². The van der Waals surface area contributed by atoms with Gasteiger partial charge in [-0.3, -0.25) is 0 Å². The van der Waals surface area contributed by atoms with Crippen LogP contribution in [-0.4, -0.2) is 28.1 Å². The molecule has 0 amide bonds. The molecule has 10 rings (SSSR count). The summed E-state index contributed by atoms with van der Waals surface area (Å²) < 4.78 is 0. The van der Waals surface area contributed by atoms with Crippen LogP contribution in [0, 0.1) is 35.0 Å². The van der Waals surface area contributed by atoms with Crippen molar-refractivity contribution in [2.45, 2.75) is 191 Å². The fourth-order valence-corrected chi connectivity index (χ4v) is 14.9. The number of anilines is 3. The third-order valence-electron chi connectivity index (χ3n) is 18.4. The Labute approximate surface area is 340 Å². The lowest BCUT2D eigenvalue weighted by Gasteiger charge is -2.50. The molecule has 300 valence electrons. The quantitative estimate of drug-likeness (QED) is 0.241. The number of fused-ring (bicyclic) bond motifs is 6. The van der Waals surface area contributed by atoms with Crippen LogP contribution in [0.25, 0.3) is 0 Å². The first kappa shape index (κ1) is 37.4. The molecular formula is C52H72N4. The van der Waals surface area contributed by atoms with Crippen molar-refractivity contribution >= 4 is 17.2 Å². The van der Waals surface area contributed by atoms with E-state index in [1.807, 2.05) is 0 Å². The van der Waals surface area contributed by atoms with Crippen molar-refractivity contribution in [1.82, 2.24) is 9.97 Å². The number of hydrogen-bond acceptors (Lipinski definition) is 4. The summed E-state index contributed by atoms with van der Waals surface area (Å²) in [6.45, 7) is 10.5. The van der Waals surface area contributed by atoms with Crippen molar-refractivity contribution in [3.63, 3.8) is 0 Å². The SMILES string of the molecule is CC(C)(c1ccc(N2c3ncncc3C3CCCCC32)cc1)C1CCC(C2CCC(C(C)(C)C3CCC(N4c5ccccc5C5CCCCC54)CC3)CC2)CC1. The second-order valence-electron chi connectivity index (χ2n) is 21.4. The van der Waals surface area contributed by atoms with E-state index < -0.39 is 0 Å². The normalized spacial score (nSPS) is 34.7. The number of benzene rings is 2. The van der Waals surface area contributed by atoms with E-state index >= 15 is 0 Å². The summed E-state index contributed by atoms with van der Waals surface area (Å²) in [7, 11) is 0. The molecular weight excluding hydrogens is 681 g/mol. The van der Waals surface area contributed by atoms with Crippen molar-refractivity contribution in [3.8, 4) is 0 Å². The molecule has 4 atom stereocenters. The largest absolute Gasteiger partial charge is 0.365 e. The molecule has 2 aliphatic heterocycles. The van der Waals surface area contributed by atoms with E-state index in [-0.39, 0.29) is 5.41 Å². The molecule has 4 unspecified atom stereocenters. The van der Waals surface area contributed by atoms with Gasteiger partial charge in [0.05, 0.1) is 0 Å². The maximum Gasteiger partial charge on any atom is 0.140 e. The fraction of sp³-hybridized carbons (Fsp3) is 0.692. The van der Waals surface area contributed by atoms with Crippen LogP contribution in [0.2, 0.25) is 0 Å². The van der Waals surface area contributed by atoms with Gasteiger partial charge >= 0.3 is 0 Å². The van der Waals surface area contributed by atoms with Crippen LogP contribution in [0.1, 0.15) is 185 Å². The molecule has 5 fully saturated rings. The van der Waals surface area contributed by atoms with Crippen molar-refractivity contribution in [2.24, 2.45) is 35.0 Å². The zero-order chi connectivity index (χ0) is 38.0. The standard InChI is InChI=1S/C52H72N4/c1-51(2,39-25-29-41(30-26-39)55-47-14-8-5-11-43(47)44-12-6-9-15-48(44)55)37-21-17-35(18-22-37)36-19-23-38(24-20-36)52(3,4)40-27-31-42(32-28-40)56-49-16-10-7-13-45(49)46-33-53-34-54-50(46)56/h5,8,11,14,27-28,31-39,41,44-45,48-49H,6-7,9-10,12-13,15-26,29-30H2,1-4H3. The average molecular weight is 753 g/mol. The Hall–Kier alpha value is -2.88. The average Bonchev–Trinajstić information content (AvgIpc) is 3.77. The van der Waals surface area contributed by atoms with Gasteiger partial charge in [-0.15, -0.1) is 0 Å². The van der Waals surface area contributed by atoms with Gasteiger partial charge in [0.25, 0.3) is 0 Å². The van der Waals surface area contributed by atoms with Gasteiger partial charge < -0.3 is 9.80 Å². The molecule has 0 N–H and O–H groups in total. The maximum absolute atomic E-state index is 4.81. The van der Waals surface area contributed by atoms with Crippen LogP contribution in [0.4, 0.5) is 17.2 Å². The van der Waals surface area contributed by atoms with E-state index in [1.54, 1.807) is 17.6 Å². The van der Waals surface area contributed by atoms with E-state index in [0.717, 1.165) is 53.4 Å². The van der Waals surface area contributed by atoms with E-state index in [2.05, 4.69) is 97.2 Å². The molecule has 3 heterocycles. The van der Waals surface area contributed by atoms with Gasteiger partial charge in [0.1, 0.15) is 12.1 Å². The second-order valence-corrected chi connectivity index (χ2v) is 21.4. The predicted octanol–water partition coefficient (Wildman–Crippen LogP) is 13.7. The Morgan fingerprint density at radius 2 is 1.12 bits per heavy atom. The van der Waals surface area contributed by atoms with Gasteiger partial charge in [-0.2, -0.15) is 0 Å². The summed E-state index contributed by atoms with van der Waals surface area (Å²) in [5.41, 5.74) is 8.18. The minimum atomic E-state index is 0.207. The van der Waals surface area contributed by atoms with Crippen LogP contribution in [0.15, 0.2) is 61.1 Å². The van der Waals surface area contributed by atoms with Gasteiger partial charge in [-0.25, -0.2) is 9.97 Å². The topological polar surface area (TPSA) is 32.3 Å². The Morgan fingerprint density at radius 1 is 0.554 bits per heavy atom. The van der Waals surface area contributed by atoms with Gasteiger partial charge in [0, 0.05) is 53.1 Å². The molecule has 1 aromatic heterocycles. The van der Waals surface area contributed by atoms with E-state index in [1.165, 1.54) is 145 Å². The third kappa shape index (κ3) is 6.45. The lowest BCUT2D eigenvalue weighted by molar-refractivity contribution is 0.0295. The number of aromatic nitrogens is 2. The maximum atomic E-state index is 4.81. The highest BCUT2D eigenvalue weighted by atomic mass is 15.3. The van der Waals surface area contributed by atoms with Crippen molar-refractivity contribution < 1.29 is 0 Å². The minimum Gasteiger partial charge on any atom is -0.365 e. The zero-order valence-electron chi connectivity index (χ0n) is 35.5. The molecule has 5 aliphatic carbocycles. The third-order valence-corrected chi connectivity index (χ3v) is 18.4. The van der Waals surface area contributed by atoms with Gasteiger partial charge in [-0.05, 0) is 172 Å². The summed E-state index contributed by atoms with van der Waals surface area (Å²) in [5, 5.41) is 0. The summed E-state index contributed by atoms with van der Waals surface area (Å²) in [6, 6.07) is 21.3. The Kier molecular flexibility index (Phi) is 10.1. The molecule has 2 aromatic carbocycles. The molecule has 3 aromatic rings. The molecule has 0 saturated heterocycles. The van der Waals surface area contributed by atoms with Crippen LogP contribution in [0.3, 0.4) is 0 Å². The molecule has 0 radical (unpaired) electrons. The lowest BCUT2D eigenvalue weighted by atomic mass is 9.57. The molecule has 5 saturated carbocycles. The molecule has 56 heavy (non-hydrogen) atoms. The smallest absolute Gasteiger partial charge is 0.140 e. The highest BCUT2D eigenvalue weighted by Crippen LogP contribution is 2.55. The number of hydrogen-bond donors (Lipinski definition) is 0. The van der Waals surface area contributed by atoms with Crippen molar-refractivity contribution in [2.75, 3.05) is 9.80 Å². The van der Waals surface area contributed by atoms with Gasteiger partial charge in [0.2, 0.25) is 0 Å². The number of para-hydroxylation sites is 1. The van der Waals surface area contributed by atoms with Gasteiger partial charge in [-0.1, -0.05) is 83.7 Å². The first-order valence-electron chi connectivity index (χ1n) is 23.9. The summed E-state index contributed by atoms with van der Waals surface area (Å²) >= 11 is 0.